The Hall–Kier alpha value is -3.77. The van der Waals surface area contributed by atoms with E-state index in [1.54, 1.807) is 50.7 Å². The van der Waals surface area contributed by atoms with E-state index in [4.69, 9.17) is 4.74 Å². The predicted molar refractivity (Wildman–Crippen MR) is 118 cm³/mol. The highest BCUT2D eigenvalue weighted by molar-refractivity contribution is 7.14. The standard InChI is InChI=1S/C22H21N5O3S/c1-22(2,3)30-21(29)25-12-19(28)27-20-26-18(13-31-20)17-9-14(11-23)8-16(10-17)15-4-6-24-7-5-15/h4-10,13H,12H2,1-3H3,(H,25,29)(H,26,27,28). The van der Waals surface area contributed by atoms with E-state index in [2.05, 4.69) is 26.7 Å². The van der Waals surface area contributed by atoms with E-state index in [-0.39, 0.29) is 6.54 Å². The summed E-state index contributed by atoms with van der Waals surface area (Å²) in [5, 5.41) is 16.6. The van der Waals surface area contributed by atoms with Crippen molar-refractivity contribution in [3.05, 3.63) is 53.7 Å². The number of nitrogens with zero attached hydrogens (tertiary/aromatic N) is 3. The number of amides is 2. The number of carbonyl (C=O) groups excluding carboxylic acids is 2. The third kappa shape index (κ3) is 6.35. The van der Waals surface area contributed by atoms with Crippen LogP contribution in [0.4, 0.5) is 9.93 Å². The second kappa shape index (κ2) is 9.36. The fourth-order valence-electron chi connectivity index (χ4n) is 2.64. The maximum Gasteiger partial charge on any atom is 0.408 e. The number of anilines is 1. The zero-order chi connectivity index (χ0) is 22.4. The highest BCUT2D eigenvalue weighted by atomic mass is 32.1. The normalized spacial score (nSPS) is 10.8. The van der Waals surface area contributed by atoms with Gasteiger partial charge in [-0.05, 0) is 62.2 Å². The van der Waals surface area contributed by atoms with Crippen LogP contribution in [0.15, 0.2) is 48.1 Å². The van der Waals surface area contributed by atoms with Crippen molar-refractivity contribution in [3.8, 4) is 28.5 Å². The number of benzene rings is 1. The van der Waals surface area contributed by atoms with Crippen LogP contribution in [0, 0.1) is 11.3 Å². The second-order valence-electron chi connectivity index (χ2n) is 7.59. The lowest BCUT2D eigenvalue weighted by Crippen LogP contribution is -2.37. The smallest absolute Gasteiger partial charge is 0.408 e. The zero-order valence-electron chi connectivity index (χ0n) is 17.3. The van der Waals surface area contributed by atoms with E-state index < -0.39 is 17.6 Å². The Morgan fingerprint density at radius 3 is 2.52 bits per heavy atom. The molecule has 8 nitrogen and oxygen atoms in total. The van der Waals surface area contributed by atoms with E-state index in [1.807, 2.05) is 18.2 Å². The van der Waals surface area contributed by atoms with Gasteiger partial charge in [-0.2, -0.15) is 5.26 Å². The molecular weight excluding hydrogens is 414 g/mol. The van der Waals surface area contributed by atoms with Crippen molar-refractivity contribution in [1.29, 1.82) is 5.26 Å². The first-order valence-corrected chi connectivity index (χ1v) is 10.3. The summed E-state index contributed by atoms with van der Waals surface area (Å²) in [5.41, 5.74) is 3.06. The molecule has 2 N–H and O–H groups in total. The number of carbonyl (C=O) groups is 2. The Morgan fingerprint density at radius 1 is 1.13 bits per heavy atom. The number of alkyl carbamates (subject to hydrolysis) is 1. The van der Waals surface area contributed by atoms with Gasteiger partial charge in [0.05, 0.1) is 17.3 Å². The summed E-state index contributed by atoms with van der Waals surface area (Å²) in [5.74, 6) is -0.421. The molecule has 9 heteroatoms. The molecule has 3 rings (SSSR count). The Labute approximate surface area is 183 Å². The van der Waals surface area contributed by atoms with E-state index in [0.717, 1.165) is 16.7 Å². The maximum atomic E-state index is 12.1. The minimum absolute atomic E-state index is 0.236. The molecule has 0 aliphatic carbocycles. The molecule has 2 heterocycles. The van der Waals surface area contributed by atoms with Gasteiger partial charge in [0.1, 0.15) is 12.1 Å². The maximum absolute atomic E-state index is 12.1. The van der Waals surface area contributed by atoms with Crippen LogP contribution in [-0.4, -0.2) is 34.1 Å². The van der Waals surface area contributed by atoms with Crippen molar-refractivity contribution in [2.75, 3.05) is 11.9 Å². The monoisotopic (exact) mass is 435 g/mol. The number of hydrogen-bond acceptors (Lipinski definition) is 7. The average Bonchev–Trinajstić information content (AvgIpc) is 3.20. The van der Waals surface area contributed by atoms with E-state index in [1.165, 1.54) is 11.3 Å². The van der Waals surface area contributed by atoms with Crippen LogP contribution in [0.2, 0.25) is 0 Å². The van der Waals surface area contributed by atoms with Crippen LogP contribution >= 0.6 is 11.3 Å². The highest BCUT2D eigenvalue weighted by Crippen LogP contribution is 2.30. The van der Waals surface area contributed by atoms with Gasteiger partial charge in [0.2, 0.25) is 5.91 Å². The fraction of sp³-hybridized carbons (Fsp3) is 0.227. The molecule has 0 radical (unpaired) electrons. The first-order chi connectivity index (χ1) is 14.7. The molecule has 0 aliphatic heterocycles. The van der Waals surface area contributed by atoms with Gasteiger partial charge in [-0.15, -0.1) is 11.3 Å². The third-order valence-electron chi connectivity index (χ3n) is 3.91. The quantitative estimate of drug-likeness (QED) is 0.620. The number of hydrogen-bond donors (Lipinski definition) is 2. The average molecular weight is 436 g/mol. The Morgan fingerprint density at radius 2 is 1.84 bits per heavy atom. The minimum Gasteiger partial charge on any atom is -0.444 e. The number of nitriles is 1. The molecule has 31 heavy (non-hydrogen) atoms. The van der Waals surface area contributed by atoms with Crippen molar-refractivity contribution in [2.24, 2.45) is 0 Å². The summed E-state index contributed by atoms with van der Waals surface area (Å²) in [6.45, 7) is 4.99. The molecule has 0 fully saturated rings. The summed E-state index contributed by atoms with van der Waals surface area (Å²) in [7, 11) is 0. The fourth-order valence-corrected chi connectivity index (χ4v) is 3.38. The van der Waals surface area contributed by atoms with Crippen LogP contribution in [-0.2, 0) is 9.53 Å². The van der Waals surface area contributed by atoms with Crippen LogP contribution in [0.25, 0.3) is 22.4 Å². The third-order valence-corrected chi connectivity index (χ3v) is 4.67. The molecule has 3 aromatic rings. The first-order valence-electron chi connectivity index (χ1n) is 9.42. The molecule has 2 amide bonds. The number of ether oxygens (including phenoxy) is 1. The van der Waals surface area contributed by atoms with Crippen molar-refractivity contribution in [1.82, 2.24) is 15.3 Å². The molecule has 1 aromatic carbocycles. The molecule has 0 saturated carbocycles. The van der Waals surface area contributed by atoms with E-state index >= 15 is 0 Å². The van der Waals surface area contributed by atoms with Crippen LogP contribution in [0.1, 0.15) is 26.3 Å². The number of nitrogens with one attached hydrogen (secondary N) is 2. The van der Waals surface area contributed by atoms with Crippen molar-refractivity contribution >= 4 is 28.5 Å². The van der Waals surface area contributed by atoms with Gasteiger partial charge in [0, 0.05) is 23.3 Å². The van der Waals surface area contributed by atoms with Gasteiger partial charge in [-0.3, -0.25) is 9.78 Å². The Balaban J connectivity index is 1.70. The first kappa shape index (κ1) is 21.9. The molecule has 0 aliphatic rings. The summed E-state index contributed by atoms with van der Waals surface area (Å²) >= 11 is 1.25. The van der Waals surface area contributed by atoms with Crippen molar-refractivity contribution < 1.29 is 14.3 Å². The molecule has 0 saturated heterocycles. The second-order valence-corrected chi connectivity index (χ2v) is 8.45. The van der Waals surface area contributed by atoms with E-state index in [9.17, 15) is 14.9 Å². The van der Waals surface area contributed by atoms with Gasteiger partial charge in [-0.25, -0.2) is 9.78 Å². The molecule has 158 valence electrons. The van der Waals surface area contributed by atoms with Crippen LogP contribution in [0.5, 0.6) is 0 Å². The SMILES string of the molecule is CC(C)(C)OC(=O)NCC(=O)Nc1nc(-c2cc(C#N)cc(-c3ccncc3)c2)cs1. The zero-order valence-corrected chi connectivity index (χ0v) is 18.1. The molecule has 0 bridgehead atoms. The molecule has 0 atom stereocenters. The van der Waals surface area contributed by atoms with Gasteiger partial charge >= 0.3 is 6.09 Å². The van der Waals surface area contributed by atoms with Crippen molar-refractivity contribution in [3.63, 3.8) is 0 Å². The number of rotatable bonds is 5. The Bertz CT molecular complexity index is 1130. The van der Waals surface area contributed by atoms with Gasteiger partial charge in [0.15, 0.2) is 5.13 Å². The van der Waals surface area contributed by atoms with Gasteiger partial charge in [0.25, 0.3) is 0 Å². The van der Waals surface area contributed by atoms with Crippen LogP contribution < -0.4 is 10.6 Å². The number of thiazole rings is 1. The van der Waals surface area contributed by atoms with Gasteiger partial charge in [-0.1, -0.05) is 0 Å². The van der Waals surface area contributed by atoms with E-state index in [0.29, 0.717) is 16.4 Å². The topological polar surface area (TPSA) is 117 Å². The van der Waals surface area contributed by atoms with Crippen molar-refractivity contribution in [2.45, 2.75) is 26.4 Å². The molecule has 0 spiro atoms. The molecule has 0 unspecified atom stereocenters. The predicted octanol–water partition coefficient (Wildman–Crippen LogP) is 4.21. The van der Waals surface area contributed by atoms with Gasteiger partial charge < -0.3 is 15.4 Å². The lowest BCUT2D eigenvalue weighted by Gasteiger charge is -2.19. The summed E-state index contributed by atoms with van der Waals surface area (Å²) in [6, 6.07) is 11.4. The summed E-state index contributed by atoms with van der Waals surface area (Å²) < 4.78 is 5.10. The molecular formula is C22H21N5O3S. The Kier molecular flexibility index (Phi) is 6.62. The molecule has 2 aromatic heterocycles. The largest absolute Gasteiger partial charge is 0.444 e. The lowest BCUT2D eigenvalue weighted by molar-refractivity contribution is -0.115. The number of pyridine rings is 1. The number of aromatic nitrogens is 2. The summed E-state index contributed by atoms with van der Waals surface area (Å²) in [4.78, 5) is 32.2. The van der Waals surface area contributed by atoms with Crippen LogP contribution in [0.3, 0.4) is 0 Å². The lowest BCUT2D eigenvalue weighted by atomic mass is 10.00. The summed E-state index contributed by atoms with van der Waals surface area (Å²) in [6.07, 6.45) is 2.71. The minimum atomic E-state index is -0.667. The highest BCUT2D eigenvalue weighted by Gasteiger charge is 2.17.